The highest BCUT2D eigenvalue weighted by Crippen LogP contribution is 2.38. The van der Waals surface area contributed by atoms with Gasteiger partial charge in [0.25, 0.3) is 0 Å². The molecule has 0 saturated carbocycles. The quantitative estimate of drug-likeness (QED) is 0.882. The van der Waals surface area contributed by atoms with Crippen LogP contribution in [-0.4, -0.2) is 13.7 Å². The van der Waals surface area contributed by atoms with Crippen LogP contribution < -0.4 is 10.1 Å². The zero-order valence-electron chi connectivity index (χ0n) is 11.4. The molecule has 1 aliphatic heterocycles. The third kappa shape index (κ3) is 2.81. The van der Waals surface area contributed by atoms with Crippen molar-refractivity contribution in [2.24, 2.45) is 0 Å². The largest absolute Gasteiger partial charge is 0.496 e. The molecule has 1 atom stereocenters. The second-order valence-corrected chi connectivity index (χ2v) is 5.71. The molecule has 1 aromatic carbocycles. The van der Waals surface area contributed by atoms with Crippen LogP contribution in [0.4, 0.5) is 0 Å². The predicted octanol–water partition coefficient (Wildman–Crippen LogP) is 4.29. The topological polar surface area (TPSA) is 21.3 Å². The first-order chi connectivity index (χ1) is 8.63. The van der Waals surface area contributed by atoms with Crippen LogP contribution >= 0.6 is 11.6 Å². The summed E-state index contributed by atoms with van der Waals surface area (Å²) in [6, 6.07) is 4.46. The molecule has 1 unspecified atom stereocenters. The van der Waals surface area contributed by atoms with Gasteiger partial charge in [0, 0.05) is 16.6 Å². The van der Waals surface area contributed by atoms with E-state index in [9.17, 15) is 0 Å². The number of rotatable bonds is 3. The van der Waals surface area contributed by atoms with Gasteiger partial charge < -0.3 is 10.1 Å². The van der Waals surface area contributed by atoms with E-state index in [1.54, 1.807) is 7.11 Å². The number of hydrogen-bond acceptors (Lipinski definition) is 2. The van der Waals surface area contributed by atoms with E-state index < -0.39 is 0 Å². The zero-order chi connectivity index (χ0) is 13.1. The highest BCUT2D eigenvalue weighted by Gasteiger charge is 2.22. The summed E-state index contributed by atoms with van der Waals surface area (Å²) < 4.78 is 5.65. The normalized spacial score (nSPS) is 20.2. The summed E-state index contributed by atoms with van der Waals surface area (Å²) in [5.74, 6) is 1.43. The van der Waals surface area contributed by atoms with Crippen LogP contribution in [-0.2, 0) is 0 Å². The first kappa shape index (κ1) is 13.7. The van der Waals surface area contributed by atoms with Crippen molar-refractivity contribution in [2.75, 3.05) is 13.7 Å². The molecule has 0 spiro atoms. The molecule has 0 bridgehead atoms. The monoisotopic (exact) mass is 267 g/mol. The highest BCUT2D eigenvalue weighted by atomic mass is 35.5. The Morgan fingerprint density at radius 2 is 2.11 bits per heavy atom. The van der Waals surface area contributed by atoms with Gasteiger partial charge in [-0.1, -0.05) is 31.9 Å². The number of hydrogen-bond donors (Lipinski definition) is 1. The van der Waals surface area contributed by atoms with E-state index >= 15 is 0 Å². The molecule has 2 nitrogen and oxygen atoms in total. The lowest BCUT2D eigenvalue weighted by atomic mass is 9.92. The number of ether oxygens (including phenoxy) is 1. The molecule has 2 rings (SSSR count). The molecule has 1 fully saturated rings. The second-order valence-electron chi connectivity index (χ2n) is 5.27. The van der Waals surface area contributed by atoms with Gasteiger partial charge in [-0.05, 0) is 43.0 Å². The number of halogens is 1. The van der Waals surface area contributed by atoms with Crippen LogP contribution in [0, 0.1) is 0 Å². The van der Waals surface area contributed by atoms with Gasteiger partial charge in [-0.2, -0.15) is 0 Å². The van der Waals surface area contributed by atoms with Crippen molar-refractivity contribution in [3.8, 4) is 5.75 Å². The van der Waals surface area contributed by atoms with Gasteiger partial charge in [0.15, 0.2) is 0 Å². The minimum absolute atomic E-state index is 0.380. The first-order valence-electron chi connectivity index (χ1n) is 6.74. The SMILES string of the molecule is COc1c(C(C)C)cc(Cl)cc1C1CCCCN1. The van der Waals surface area contributed by atoms with Gasteiger partial charge in [-0.25, -0.2) is 0 Å². The van der Waals surface area contributed by atoms with Crippen molar-refractivity contribution >= 4 is 11.6 Å². The molecule has 1 aromatic rings. The summed E-state index contributed by atoms with van der Waals surface area (Å²) in [4.78, 5) is 0. The maximum atomic E-state index is 6.26. The Morgan fingerprint density at radius 1 is 1.33 bits per heavy atom. The third-order valence-corrected chi connectivity index (χ3v) is 3.84. The van der Waals surface area contributed by atoms with Gasteiger partial charge in [0.1, 0.15) is 5.75 Å². The predicted molar refractivity (Wildman–Crippen MR) is 76.7 cm³/mol. The molecule has 0 amide bonds. The summed E-state index contributed by atoms with van der Waals surface area (Å²) in [6.07, 6.45) is 3.69. The Kier molecular flexibility index (Phi) is 4.52. The van der Waals surface area contributed by atoms with E-state index in [2.05, 4.69) is 25.2 Å². The molecule has 0 radical (unpaired) electrons. The lowest BCUT2D eigenvalue weighted by Crippen LogP contribution is -2.27. The van der Waals surface area contributed by atoms with Gasteiger partial charge in [0.2, 0.25) is 0 Å². The van der Waals surface area contributed by atoms with Crippen molar-refractivity contribution < 1.29 is 4.74 Å². The third-order valence-electron chi connectivity index (χ3n) is 3.62. The Morgan fingerprint density at radius 3 is 2.67 bits per heavy atom. The lowest BCUT2D eigenvalue weighted by Gasteiger charge is -2.27. The van der Waals surface area contributed by atoms with E-state index in [4.69, 9.17) is 16.3 Å². The molecule has 1 saturated heterocycles. The summed E-state index contributed by atoms with van der Waals surface area (Å²) in [7, 11) is 1.75. The van der Waals surface area contributed by atoms with Crippen molar-refractivity contribution in [1.82, 2.24) is 5.32 Å². The fraction of sp³-hybridized carbons (Fsp3) is 0.600. The van der Waals surface area contributed by atoms with E-state index in [0.29, 0.717) is 12.0 Å². The maximum Gasteiger partial charge on any atom is 0.127 e. The molecule has 0 aromatic heterocycles. The summed E-state index contributed by atoms with van der Waals surface area (Å²) >= 11 is 6.26. The standard InChI is InChI=1S/C15H22ClNO/c1-10(2)12-8-11(16)9-13(15(12)18-3)14-6-4-5-7-17-14/h8-10,14,17H,4-7H2,1-3H3. The number of piperidine rings is 1. The minimum Gasteiger partial charge on any atom is -0.496 e. The average Bonchev–Trinajstić information content (AvgIpc) is 2.38. The Balaban J connectivity index is 2.43. The van der Waals surface area contributed by atoms with Crippen molar-refractivity contribution in [1.29, 1.82) is 0 Å². The summed E-state index contributed by atoms with van der Waals surface area (Å²) in [6.45, 7) is 5.43. The molecule has 1 aliphatic rings. The average molecular weight is 268 g/mol. The Bertz CT molecular complexity index is 411. The molecule has 1 heterocycles. The highest BCUT2D eigenvalue weighted by molar-refractivity contribution is 6.30. The second kappa shape index (κ2) is 5.94. The van der Waals surface area contributed by atoms with Gasteiger partial charge in [-0.3, -0.25) is 0 Å². The molecule has 0 aliphatic carbocycles. The molecule has 100 valence electrons. The van der Waals surface area contributed by atoms with Crippen LogP contribution in [0.3, 0.4) is 0 Å². The van der Waals surface area contributed by atoms with Gasteiger partial charge >= 0.3 is 0 Å². The molecule has 1 N–H and O–H groups in total. The van der Waals surface area contributed by atoms with Gasteiger partial charge in [-0.15, -0.1) is 0 Å². The summed E-state index contributed by atoms with van der Waals surface area (Å²) in [5.41, 5.74) is 2.42. The summed E-state index contributed by atoms with van der Waals surface area (Å²) in [5, 5.41) is 4.37. The Hall–Kier alpha value is -0.730. The lowest BCUT2D eigenvalue weighted by molar-refractivity contribution is 0.369. The number of benzene rings is 1. The van der Waals surface area contributed by atoms with E-state index in [1.807, 2.05) is 6.07 Å². The van der Waals surface area contributed by atoms with Crippen molar-refractivity contribution in [2.45, 2.75) is 45.1 Å². The number of methoxy groups -OCH3 is 1. The zero-order valence-corrected chi connectivity index (χ0v) is 12.2. The maximum absolute atomic E-state index is 6.26. The van der Waals surface area contributed by atoms with Crippen LogP contribution in [0.25, 0.3) is 0 Å². The van der Waals surface area contributed by atoms with Crippen molar-refractivity contribution in [3.63, 3.8) is 0 Å². The fourth-order valence-electron chi connectivity index (χ4n) is 2.68. The molecule has 18 heavy (non-hydrogen) atoms. The number of nitrogens with one attached hydrogen (secondary N) is 1. The van der Waals surface area contributed by atoms with E-state index in [-0.39, 0.29) is 0 Å². The van der Waals surface area contributed by atoms with Crippen LogP contribution in [0.1, 0.15) is 56.2 Å². The van der Waals surface area contributed by atoms with Crippen LogP contribution in [0.2, 0.25) is 5.02 Å². The van der Waals surface area contributed by atoms with Crippen molar-refractivity contribution in [3.05, 3.63) is 28.3 Å². The molecular formula is C15H22ClNO. The smallest absolute Gasteiger partial charge is 0.127 e. The first-order valence-corrected chi connectivity index (χ1v) is 7.12. The van der Waals surface area contributed by atoms with Crippen LogP contribution in [0.15, 0.2) is 12.1 Å². The minimum atomic E-state index is 0.380. The molecular weight excluding hydrogens is 246 g/mol. The van der Waals surface area contributed by atoms with E-state index in [0.717, 1.165) is 23.7 Å². The Labute approximate surface area is 115 Å². The van der Waals surface area contributed by atoms with E-state index in [1.165, 1.54) is 24.0 Å². The van der Waals surface area contributed by atoms with Gasteiger partial charge in [0.05, 0.1) is 7.11 Å². The molecule has 3 heteroatoms. The fourth-order valence-corrected chi connectivity index (χ4v) is 2.91. The van der Waals surface area contributed by atoms with Crippen LogP contribution in [0.5, 0.6) is 5.75 Å².